The Hall–Kier alpha value is -2.09. The number of fused-ring (bicyclic) bond motifs is 1. The van der Waals surface area contributed by atoms with E-state index < -0.39 is 0 Å². The van der Waals surface area contributed by atoms with E-state index in [0.29, 0.717) is 11.2 Å². The minimum absolute atomic E-state index is 0.234. The maximum Gasteiger partial charge on any atom is 0.180 e. The highest BCUT2D eigenvalue weighted by molar-refractivity contribution is 5.76. The molecule has 0 aromatic carbocycles. The lowest BCUT2D eigenvalue weighted by atomic mass is 10.2. The van der Waals surface area contributed by atoms with Crippen molar-refractivity contribution in [2.75, 3.05) is 5.73 Å². The van der Waals surface area contributed by atoms with E-state index in [-0.39, 0.29) is 5.82 Å². The first-order valence-electron chi connectivity index (χ1n) is 4.13. The average Bonchev–Trinajstić information content (AvgIpc) is 2.41. The topological polar surface area (TPSA) is 80.5 Å². The number of aryl methyl sites for hydroxylation is 2. The number of nitriles is 1. The van der Waals surface area contributed by atoms with Gasteiger partial charge in [-0.2, -0.15) is 5.26 Å². The van der Waals surface area contributed by atoms with Crippen molar-refractivity contribution < 1.29 is 0 Å². The molecule has 0 unspecified atom stereocenters. The molecular formula is C9H9N5. The molecule has 14 heavy (non-hydrogen) atoms. The van der Waals surface area contributed by atoms with Crippen molar-refractivity contribution in [2.45, 2.75) is 6.92 Å². The molecule has 0 amide bonds. The Bertz CT molecular complexity index is 546. The minimum atomic E-state index is 0.234. The van der Waals surface area contributed by atoms with Gasteiger partial charge in [-0.05, 0) is 13.0 Å². The van der Waals surface area contributed by atoms with Gasteiger partial charge in [-0.15, -0.1) is 0 Å². The molecule has 0 spiro atoms. The summed E-state index contributed by atoms with van der Waals surface area (Å²) in [5.74, 6) is 1.08. The second kappa shape index (κ2) is 2.70. The van der Waals surface area contributed by atoms with E-state index >= 15 is 0 Å². The van der Waals surface area contributed by atoms with Gasteiger partial charge in [0.2, 0.25) is 0 Å². The molecule has 2 aromatic heterocycles. The Labute approximate surface area is 80.8 Å². The molecule has 0 saturated heterocycles. The molecule has 2 N–H and O–H groups in total. The van der Waals surface area contributed by atoms with Gasteiger partial charge >= 0.3 is 0 Å². The van der Waals surface area contributed by atoms with Gasteiger partial charge in [0.1, 0.15) is 17.7 Å². The van der Waals surface area contributed by atoms with Crippen LogP contribution >= 0.6 is 0 Å². The first kappa shape index (κ1) is 8.51. The molecule has 0 bridgehead atoms. The normalized spacial score (nSPS) is 10.4. The van der Waals surface area contributed by atoms with Crippen LogP contribution in [0.25, 0.3) is 11.2 Å². The zero-order valence-electron chi connectivity index (χ0n) is 7.94. The van der Waals surface area contributed by atoms with Gasteiger partial charge in [0.15, 0.2) is 5.65 Å². The van der Waals surface area contributed by atoms with Crippen molar-refractivity contribution in [1.29, 1.82) is 5.26 Å². The first-order chi connectivity index (χ1) is 6.63. The molecule has 0 aliphatic carbocycles. The largest absolute Gasteiger partial charge is 0.383 e. The number of pyridine rings is 1. The maximum atomic E-state index is 8.78. The SMILES string of the molecule is Cc1nc2nc(N)c(C#N)cc2n1C. The summed E-state index contributed by atoms with van der Waals surface area (Å²) in [7, 11) is 1.88. The molecule has 5 nitrogen and oxygen atoms in total. The summed E-state index contributed by atoms with van der Waals surface area (Å²) in [6.07, 6.45) is 0. The van der Waals surface area contributed by atoms with Crippen LogP contribution in [0.1, 0.15) is 11.4 Å². The fourth-order valence-corrected chi connectivity index (χ4v) is 1.33. The highest BCUT2D eigenvalue weighted by atomic mass is 15.1. The highest BCUT2D eigenvalue weighted by Crippen LogP contribution is 2.17. The molecular weight excluding hydrogens is 178 g/mol. The Morgan fingerprint density at radius 2 is 2.21 bits per heavy atom. The third kappa shape index (κ3) is 1.01. The quantitative estimate of drug-likeness (QED) is 0.659. The Morgan fingerprint density at radius 3 is 2.86 bits per heavy atom. The van der Waals surface area contributed by atoms with E-state index in [0.717, 1.165) is 11.3 Å². The lowest BCUT2D eigenvalue weighted by Gasteiger charge is -1.98. The van der Waals surface area contributed by atoms with Crippen molar-refractivity contribution in [1.82, 2.24) is 14.5 Å². The molecule has 5 heteroatoms. The maximum absolute atomic E-state index is 8.78. The van der Waals surface area contributed by atoms with Crippen LogP contribution in [0, 0.1) is 18.3 Å². The van der Waals surface area contributed by atoms with Crippen LogP contribution in [0.2, 0.25) is 0 Å². The fourth-order valence-electron chi connectivity index (χ4n) is 1.33. The smallest absolute Gasteiger partial charge is 0.180 e. The average molecular weight is 187 g/mol. The van der Waals surface area contributed by atoms with Crippen LogP contribution in [0.3, 0.4) is 0 Å². The molecule has 0 saturated carbocycles. The summed E-state index contributed by atoms with van der Waals surface area (Å²) in [4.78, 5) is 8.26. The highest BCUT2D eigenvalue weighted by Gasteiger charge is 2.09. The number of nitrogen functional groups attached to an aromatic ring is 1. The zero-order valence-corrected chi connectivity index (χ0v) is 7.94. The number of rotatable bonds is 0. The van der Waals surface area contributed by atoms with Crippen molar-refractivity contribution in [3.05, 3.63) is 17.5 Å². The van der Waals surface area contributed by atoms with Crippen LogP contribution in [0.5, 0.6) is 0 Å². The van der Waals surface area contributed by atoms with E-state index in [4.69, 9.17) is 11.0 Å². The number of hydrogen-bond acceptors (Lipinski definition) is 4. The van der Waals surface area contributed by atoms with Gasteiger partial charge in [-0.25, -0.2) is 9.97 Å². The molecule has 0 atom stereocenters. The molecule has 2 aromatic rings. The summed E-state index contributed by atoms with van der Waals surface area (Å²) in [5.41, 5.74) is 7.37. The number of imidazole rings is 1. The van der Waals surface area contributed by atoms with Gasteiger partial charge < -0.3 is 10.3 Å². The number of nitrogens with two attached hydrogens (primary N) is 1. The summed E-state index contributed by atoms with van der Waals surface area (Å²) in [5, 5.41) is 8.78. The standard InChI is InChI=1S/C9H9N5/c1-5-12-9-7(14(5)2)3-6(4-10)8(11)13-9/h3H,1-2H3,(H2,11,13). The van der Waals surface area contributed by atoms with Crippen molar-refractivity contribution in [2.24, 2.45) is 7.05 Å². The number of nitrogens with zero attached hydrogens (tertiary/aromatic N) is 4. The molecule has 2 heterocycles. The zero-order chi connectivity index (χ0) is 10.3. The van der Waals surface area contributed by atoms with Crippen LogP contribution in [-0.2, 0) is 7.05 Å². The van der Waals surface area contributed by atoms with Crippen molar-refractivity contribution >= 4 is 17.0 Å². The molecule has 0 aliphatic rings. The molecule has 0 radical (unpaired) electrons. The van der Waals surface area contributed by atoms with Gasteiger partial charge in [-0.1, -0.05) is 0 Å². The minimum Gasteiger partial charge on any atom is -0.383 e. The molecule has 2 rings (SSSR count). The number of hydrogen-bond donors (Lipinski definition) is 1. The summed E-state index contributed by atoms with van der Waals surface area (Å²) < 4.78 is 1.88. The van der Waals surface area contributed by atoms with Gasteiger partial charge in [0.25, 0.3) is 0 Å². The molecule has 0 fully saturated rings. The van der Waals surface area contributed by atoms with E-state index in [1.807, 2.05) is 24.6 Å². The van der Waals surface area contributed by atoms with E-state index in [1.54, 1.807) is 6.07 Å². The predicted molar refractivity (Wildman–Crippen MR) is 52.4 cm³/mol. The third-order valence-electron chi connectivity index (χ3n) is 2.25. The summed E-state index contributed by atoms with van der Waals surface area (Å²) in [6, 6.07) is 3.70. The second-order valence-corrected chi connectivity index (χ2v) is 3.09. The van der Waals surface area contributed by atoms with Crippen LogP contribution in [0.15, 0.2) is 6.07 Å². The summed E-state index contributed by atoms with van der Waals surface area (Å²) >= 11 is 0. The Balaban J connectivity index is 2.88. The Kier molecular flexibility index (Phi) is 1.64. The lowest BCUT2D eigenvalue weighted by Crippen LogP contribution is -1.96. The van der Waals surface area contributed by atoms with Crippen LogP contribution in [0.4, 0.5) is 5.82 Å². The fraction of sp³-hybridized carbons (Fsp3) is 0.222. The predicted octanol–water partition coefficient (Wildman–Crippen LogP) is 0.731. The number of aromatic nitrogens is 3. The van der Waals surface area contributed by atoms with Crippen molar-refractivity contribution in [3.8, 4) is 6.07 Å². The van der Waals surface area contributed by atoms with E-state index in [1.165, 1.54) is 0 Å². The summed E-state index contributed by atoms with van der Waals surface area (Å²) in [6.45, 7) is 1.88. The van der Waals surface area contributed by atoms with Crippen LogP contribution < -0.4 is 5.73 Å². The lowest BCUT2D eigenvalue weighted by molar-refractivity contribution is 0.886. The van der Waals surface area contributed by atoms with Gasteiger partial charge in [0.05, 0.1) is 11.1 Å². The number of anilines is 1. The van der Waals surface area contributed by atoms with E-state index in [2.05, 4.69) is 9.97 Å². The molecule has 70 valence electrons. The van der Waals surface area contributed by atoms with Crippen molar-refractivity contribution in [3.63, 3.8) is 0 Å². The first-order valence-corrected chi connectivity index (χ1v) is 4.13. The second-order valence-electron chi connectivity index (χ2n) is 3.09. The van der Waals surface area contributed by atoms with E-state index in [9.17, 15) is 0 Å². The molecule has 0 aliphatic heterocycles. The monoisotopic (exact) mass is 187 g/mol. The Morgan fingerprint density at radius 1 is 1.50 bits per heavy atom. The van der Waals surface area contributed by atoms with Gasteiger partial charge in [0, 0.05) is 7.05 Å². The third-order valence-corrected chi connectivity index (χ3v) is 2.25. The van der Waals surface area contributed by atoms with Gasteiger partial charge in [-0.3, -0.25) is 0 Å². The van der Waals surface area contributed by atoms with Crippen LogP contribution in [-0.4, -0.2) is 14.5 Å².